The number of hydrogen-bond donors (Lipinski definition) is 2. The molecule has 1 amide bonds. The minimum atomic E-state index is -1.07. The van der Waals surface area contributed by atoms with Crippen LogP contribution < -0.4 is 10.2 Å². The van der Waals surface area contributed by atoms with Crippen LogP contribution in [0.4, 0.5) is 10.9 Å². The van der Waals surface area contributed by atoms with Gasteiger partial charge in [-0.15, -0.1) is 0 Å². The molecule has 3 aromatic heterocycles. The number of nitrogens with one attached hydrogen (secondary N) is 1. The number of para-hydroxylation sites is 1. The maximum absolute atomic E-state index is 13.5. The Morgan fingerprint density at radius 1 is 1.02 bits per heavy atom. The number of carboxylic acid groups (broad SMARTS) is 1. The Morgan fingerprint density at radius 3 is 2.67 bits per heavy atom. The Kier molecular flexibility index (Phi) is 6.93. The second kappa shape index (κ2) is 11.3. The summed E-state index contributed by atoms with van der Waals surface area (Å²) < 4.78 is 3.07. The number of carboxylic acids is 1. The molecule has 244 valence electrons. The minimum absolute atomic E-state index is 0.0166. The van der Waals surface area contributed by atoms with E-state index in [2.05, 4.69) is 32.9 Å². The first-order valence-corrected chi connectivity index (χ1v) is 17.9. The van der Waals surface area contributed by atoms with Crippen molar-refractivity contribution in [3.8, 4) is 11.1 Å². The number of fused-ring (bicyclic) bond motifs is 2. The Bertz CT molecular complexity index is 2040. The molecule has 4 bridgehead atoms. The second-order valence-corrected chi connectivity index (χ2v) is 15.6. The summed E-state index contributed by atoms with van der Waals surface area (Å²) in [4.78, 5) is 37.4. The van der Waals surface area contributed by atoms with E-state index in [9.17, 15) is 14.7 Å². The van der Waals surface area contributed by atoms with Crippen LogP contribution in [-0.2, 0) is 19.5 Å². The van der Waals surface area contributed by atoms with Crippen molar-refractivity contribution in [2.45, 2.75) is 58.5 Å². The van der Waals surface area contributed by atoms with Gasteiger partial charge < -0.3 is 10.0 Å². The lowest BCUT2D eigenvalue weighted by Gasteiger charge is -2.60. The fourth-order valence-electron chi connectivity index (χ4n) is 9.75. The third-order valence-electron chi connectivity index (χ3n) is 11.9. The molecule has 3 atom stereocenters. The first-order chi connectivity index (χ1) is 23.3. The molecule has 5 aliphatic rings. The van der Waals surface area contributed by atoms with Crippen molar-refractivity contribution in [2.24, 2.45) is 29.1 Å². The zero-order chi connectivity index (χ0) is 32.6. The minimum Gasteiger partial charge on any atom is -0.476 e. The number of amides is 1. The van der Waals surface area contributed by atoms with Gasteiger partial charge in [-0.3, -0.25) is 14.8 Å². The molecule has 1 aliphatic heterocycles. The van der Waals surface area contributed by atoms with Gasteiger partial charge in [0.1, 0.15) is 5.82 Å². The predicted molar refractivity (Wildman–Crippen MR) is 186 cm³/mol. The van der Waals surface area contributed by atoms with Crippen molar-refractivity contribution in [1.82, 2.24) is 19.7 Å². The lowest BCUT2D eigenvalue weighted by atomic mass is 9.45. The van der Waals surface area contributed by atoms with E-state index in [0.717, 1.165) is 57.6 Å². The third kappa shape index (κ3) is 5.00. The molecule has 10 rings (SSSR count). The van der Waals surface area contributed by atoms with Gasteiger partial charge in [0, 0.05) is 42.5 Å². The number of aromatic nitrogens is 4. The van der Waals surface area contributed by atoms with Crippen LogP contribution in [0.1, 0.15) is 71.0 Å². The maximum Gasteiger partial charge on any atom is 0.355 e. The fraction of sp³-hybridized carbons (Fsp3) is 0.395. The molecule has 0 spiro atoms. The average molecular weight is 659 g/mol. The highest BCUT2D eigenvalue weighted by Gasteiger charge is 2.55. The number of carbonyl (C=O) groups excluding carboxylic acids is 1. The summed E-state index contributed by atoms with van der Waals surface area (Å²) >= 11 is 1.45. The first kappa shape index (κ1) is 29.6. The van der Waals surface area contributed by atoms with Gasteiger partial charge in [-0.1, -0.05) is 42.5 Å². The maximum atomic E-state index is 13.5. The van der Waals surface area contributed by atoms with Crippen molar-refractivity contribution in [2.75, 3.05) is 16.8 Å². The number of pyridine rings is 1. The van der Waals surface area contributed by atoms with Crippen molar-refractivity contribution in [1.29, 1.82) is 0 Å². The van der Waals surface area contributed by atoms with Crippen LogP contribution in [-0.4, -0.2) is 43.3 Å². The number of thiazole rings is 1. The molecule has 48 heavy (non-hydrogen) atoms. The molecule has 4 saturated carbocycles. The topological polar surface area (TPSA) is 113 Å². The van der Waals surface area contributed by atoms with Crippen LogP contribution in [0, 0.1) is 29.1 Å². The normalized spacial score (nSPS) is 25.7. The smallest absolute Gasteiger partial charge is 0.355 e. The van der Waals surface area contributed by atoms with E-state index in [1.54, 1.807) is 6.20 Å². The van der Waals surface area contributed by atoms with Crippen molar-refractivity contribution in [3.05, 3.63) is 89.4 Å². The standard InChI is InChI=1S/C38H38N6O3S/c1-22-26-14-23-13-24(15-26)17-38(22,16-23)21-44-19-27(18-39-44)28-9-10-33(41-34(28)36(46)47)43-12-11-25-5-4-6-29(30(25)20-43)35(45)42-37-40-31-7-2-3-8-32(31)48-37/h2-10,18-19,22-24,26H,11-17,20-21H2,1H3,(H,46,47)(H,40,42,45). The molecule has 4 heterocycles. The lowest BCUT2D eigenvalue weighted by Crippen LogP contribution is -2.53. The molecule has 5 aromatic rings. The molecule has 2 aromatic carbocycles. The third-order valence-corrected chi connectivity index (χ3v) is 12.8. The molecule has 10 heteroatoms. The van der Waals surface area contributed by atoms with E-state index < -0.39 is 5.97 Å². The number of carbonyl (C=O) groups is 2. The lowest BCUT2D eigenvalue weighted by molar-refractivity contribution is -0.112. The molecule has 4 fully saturated rings. The van der Waals surface area contributed by atoms with Gasteiger partial charge in [-0.2, -0.15) is 5.10 Å². The van der Waals surface area contributed by atoms with E-state index in [0.29, 0.717) is 46.5 Å². The molecule has 0 saturated heterocycles. The fourth-order valence-corrected chi connectivity index (χ4v) is 10.6. The number of hydrogen-bond acceptors (Lipinski definition) is 7. The largest absolute Gasteiger partial charge is 0.476 e. The first-order valence-electron chi connectivity index (χ1n) is 17.1. The molecular weight excluding hydrogens is 621 g/mol. The van der Waals surface area contributed by atoms with Crippen LogP contribution in [0.5, 0.6) is 0 Å². The molecule has 2 N–H and O–H groups in total. The highest BCUT2D eigenvalue weighted by Crippen LogP contribution is 2.63. The molecule has 0 radical (unpaired) electrons. The van der Waals surface area contributed by atoms with Crippen LogP contribution in [0.3, 0.4) is 0 Å². The number of anilines is 2. The zero-order valence-electron chi connectivity index (χ0n) is 26.9. The Labute approximate surface area is 283 Å². The van der Waals surface area contributed by atoms with Gasteiger partial charge >= 0.3 is 5.97 Å². The number of nitrogens with zero attached hydrogens (tertiary/aromatic N) is 5. The van der Waals surface area contributed by atoms with Gasteiger partial charge in [-0.05, 0) is 109 Å². The van der Waals surface area contributed by atoms with E-state index >= 15 is 0 Å². The van der Waals surface area contributed by atoms with Gasteiger partial charge in [0.05, 0.1) is 16.4 Å². The molecule has 3 unspecified atom stereocenters. The van der Waals surface area contributed by atoms with Crippen LogP contribution >= 0.6 is 11.3 Å². The number of rotatable bonds is 7. The highest BCUT2D eigenvalue weighted by molar-refractivity contribution is 7.22. The van der Waals surface area contributed by atoms with Crippen LogP contribution in [0.15, 0.2) is 67.0 Å². The van der Waals surface area contributed by atoms with Crippen LogP contribution in [0.25, 0.3) is 21.3 Å². The summed E-state index contributed by atoms with van der Waals surface area (Å²) in [7, 11) is 0. The van der Waals surface area contributed by atoms with E-state index in [1.165, 1.54) is 43.4 Å². The summed E-state index contributed by atoms with van der Waals surface area (Å²) in [5, 5.41) is 18.6. The van der Waals surface area contributed by atoms with Gasteiger partial charge in [0.2, 0.25) is 0 Å². The quantitative estimate of drug-likeness (QED) is 0.186. The highest BCUT2D eigenvalue weighted by atomic mass is 32.1. The van der Waals surface area contributed by atoms with Crippen molar-refractivity contribution >= 4 is 44.4 Å². The van der Waals surface area contributed by atoms with Crippen LogP contribution in [0.2, 0.25) is 0 Å². The van der Waals surface area contributed by atoms with Gasteiger partial charge in [0.25, 0.3) is 5.91 Å². The Hall–Kier alpha value is -4.57. The predicted octanol–water partition coefficient (Wildman–Crippen LogP) is 7.53. The summed E-state index contributed by atoms with van der Waals surface area (Å²) in [5.41, 5.74) is 5.14. The molecular formula is C38H38N6O3S. The summed E-state index contributed by atoms with van der Waals surface area (Å²) in [6.07, 6.45) is 11.3. The van der Waals surface area contributed by atoms with E-state index in [1.807, 2.05) is 54.7 Å². The van der Waals surface area contributed by atoms with E-state index in [4.69, 9.17) is 10.1 Å². The molecule has 9 nitrogen and oxygen atoms in total. The van der Waals surface area contributed by atoms with Gasteiger partial charge in [-0.25, -0.2) is 14.8 Å². The summed E-state index contributed by atoms with van der Waals surface area (Å²) in [5.74, 6) is 2.56. The number of benzene rings is 2. The number of aromatic carboxylic acids is 1. The zero-order valence-corrected chi connectivity index (χ0v) is 27.7. The van der Waals surface area contributed by atoms with Gasteiger partial charge in [0.15, 0.2) is 10.8 Å². The average Bonchev–Trinajstić information content (AvgIpc) is 3.72. The van der Waals surface area contributed by atoms with E-state index in [-0.39, 0.29) is 11.6 Å². The van der Waals surface area contributed by atoms with Crippen molar-refractivity contribution < 1.29 is 14.7 Å². The van der Waals surface area contributed by atoms with Crippen molar-refractivity contribution in [3.63, 3.8) is 0 Å². The summed E-state index contributed by atoms with van der Waals surface area (Å²) in [6.45, 7) is 4.47. The monoisotopic (exact) mass is 658 g/mol. The molecule has 4 aliphatic carbocycles. The second-order valence-electron chi connectivity index (χ2n) is 14.6. The SMILES string of the molecule is CC1C2CC3CC(C2)CC1(Cn1cc(-c2ccc(N4CCc5cccc(C(=O)Nc6nc7ccccc7s6)c5C4)nc2C(=O)O)cn1)C3. The summed E-state index contributed by atoms with van der Waals surface area (Å²) in [6, 6.07) is 17.4. The Morgan fingerprint density at radius 2 is 1.85 bits per heavy atom. The Balaban J connectivity index is 0.957.